The van der Waals surface area contributed by atoms with Crippen LogP contribution in [0.4, 0.5) is 0 Å². The molecule has 0 aromatic carbocycles. The number of aliphatic imine (C=N–C) groups is 1. The lowest BCUT2D eigenvalue weighted by molar-refractivity contribution is -0.858. The molecule has 0 saturated heterocycles. The summed E-state index contributed by atoms with van der Waals surface area (Å²) in [5.74, 6) is -0.229. The van der Waals surface area contributed by atoms with Gasteiger partial charge in [0.25, 0.3) is 6.02 Å². The van der Waals surface area contributed by atoms with Crippen LogP contribution in [-0.2, 0) is 9.53 Å². The van der Waals surface area contributed by atoms with E-state index in [2.05, 4.69) is 24.4 Å². The molecule has 0 atom stereocenters. The average Bonchev–Trinajstić information content (AvgIpc) is 2.34. The van der Waals surface area contributed by atoms with E-state index in [-0.39, 0.29) is 5.97 Å². The molecule has 0 radical (unpaired) electrons. The van der Waals surface area contributed by atoms with Gasteiger partial charge in [0, 0.05) is 19.5 Å². The molecule has 0 aromatic heterocycles. The van der Waals surface area contributed by atoms with Crippen LogP contribution in [0.15, 0.2) is 4.99 Å². The number of carbonyl (C=O) groups is 1. The monoisotopic (exact) mass is 272 g/mol. The summed E-state index contributed by atoms with van der Waals surface area (Å²) in [5, 5.41) is 3.00. The summed E-state index contributed by atoms with van der Waals surface area (Å²) in [4.78, 5) is 17.7. The van der Waals surface area contributed by atoms with E-state index in [0.717, 1.165) is 19.4 Å². The van der Waals surface area contributed by atoms with Gasteiger partial charge in [-0.25, -0.2) is 4.99 Å². The zero-order valence-electron chi connectivity index (χ0n) is 13.3. The van der Waals surface area contributed by atoms with Gasteiger partial charge in [0.15, 0.2) is 0 Å². The Morgan fingerprint density at radius 3 is 2.42 bits per heavy atom. The Morgan fingerprint density at radius 1 is 1.32 bits per heavy atom. The number of quaternary nitrogens is 1. The molecule has 0 aromatic rings. The van der Waals surface area contributed by atoms with E-state index in [1.165, 1.54) is 4.90 Å². The van der Waals surface area contributed by atoms with Crippen molar-refractivity contribution in [3.8, 4) is 0 Å². The average molecular weight is 272 g/mol. The summed E-state index contributed by atoms with van der Waals surface area (Å²) in [6.07, 6.45) is 1.72. The molecule has 19 heavy (non-hydrogen) atoms. The van der Waals surface area contributed by atoms with E-state index >= 15 is 0 Å². The molecule has 0 bridgehead atoms. The molecular formula is C14H30N3O2+. The Bertz CT molecular complexity index is 299. The normalized spacial score (nSPS) is 12.7. The number of nitrogens with one attached hydrogen (secondary N) is 2. The number of carbonyl (C=O) groups excluding carboxylic acids is 1. The maximum Gasteiger partial charge on any atom is 0.319 e. The molecular weight excluding hydrogens is 242 g/mol. The number of rotatable bonds is 7. The van der Waals surface area contributed by atoms with Crippen molar-refractivity contribution in [2.45, 2.75) is 40.5 Å². The number of ether oxygens (including phenoxy) is 1. The number of hydrogen-bond acceptors (Lipinski definition) is 3. The standard InChI is InChI=1S/C14H29N3O2/c1-7-14(3,4)12(18)19-13(15-8-2)16-10-9-11-17(5)6/h7-11H2,1-6H3,(H,15,16)/p+1. The van der Waals surface area contributed by atoms with Crippen molar-refractivity contribution in [2.24, 2.45) is 10.4 Å². The van der Waals surface area contributed by atoms with Gasteiger partial charge in [-0.05, 0) is 27.2 Å². The lowest BCUT2D eigenvalue weighted by Gasteiger charge is -2.20. The highest BCUT2D eigenvalue weighted by atomic mass is 16.6. The summed E-state index contributed by atoms with van der Waals surface area (Å²) in [6, 6.07) is 0.350. The first kappa shape index (κ1) is 17.9. The minimum Gasteiger partial charge on any atom is -0.392 e. The van der Waals surface area contributed by atoms with Crippen LogP contribution in [-0.4, -0.2) is 45.7 Å². The highest BCUT2D eigenvalue weighted by molar-refractivity contribution is 5.90. The number of nitrogens with zero attached hydrogens (tertiary/aromatic N) is 1. The highest BCUT2D eigenvalue weighted by Gasteiger charge is 2.28. The van der Waals surface area contributed by atoms with Crippen LogP contribution in [0.25, 0.3) is 0 Å². The minimum absolute atomic E-state index is 0.229. The molecule has 0 unspecified atom stereocenters. The molecule has 0 aliphatic carbocycles. The van der Waals surface area contributed by atoms with Crippen LogP contribution in [0.1, 0.15) is 40.5 Å². The van der Waals surface area contributed by atoms with Gasteiger partial charge in [0.05, 0.1) is 26.1 Å². The third-order valence-electron chi connectivity index (χ3n) is 3.04. The first-order valence-corrected chi connectivity index (χ1v) is 7.13. The summed E-state index contributed by atoms with van der Waals surface area (Å²) >= 11 is 0. The van der Waals surface area contributed by atoms with E-state index in [0.29, 0.717) is 19.1 Å². The fourth-order valence-electron chi connectivity index (χ4n) is 1.26. The minimum atomic E-state index is -0.468. The van der Waals surface area contributed by atoms with E-state index in [4.69, 9.17) is 4.74 Å². The van der Waals surface area contributed by atoms with E-state index < -0.39 is 5.41 Å². The van der Waals surface area contributed by atoms with Gasteiger partial charge >= 0.3 is 5.97 Å². The second-order valence-corrected chi connectivity index (χ2v) is 5.65. The molecule has 0 amide bonds. The smallest absolute Gasteiger partial charge is 0.319 e. The SMILES string of the molecule is CCNC(=NCCC[NH+](C)C)OC(=O)C(C)(C)CC. The van der Waals surface area contributed by atoms with Crippen molar-refractivity contribution in [3.05, 3.63) is 0 Å². The van der Waals surface area contributed by atoms with Crippen molar-refractivity contribution in [3.63, 3.8) is 0 Å². The number of amidine groups is 1. The van der Waals surface area contributed by atoms with E-state index in [1.807, 2.05) is 27.7 Å². The fraction of sp³-hybridized carbons (Fsp3) is 0.857. The molecule has 0 heterocycles. The molecule has 112 valence electrons. The second kappa shape index (κ2) is 8.91. The predicted octanol–water partition coefficient (Wildman–Crippen LogP) is 0.466. The van der Waals surface area contributed by atoms with Crippen LogP contribution < -0.4 is 10.2 Å². The van der Waals surface area contributed by atoms with Crippen LogP contribution in [0, 0.1) is 5.41 Å². The summed E-state index contributed by atoms with van der Waals surface area (Å²) in [5.41, 5.74) is -0.468. The molecule has 0 fully saturated rings. The van der Waals surface area contributed by atoms with Gasteiger partial charge in [-0.3, -0.25) is 4.79 Å². The molecule has 0 spiro atoms. The second-order valence-electron chi connectivity index (χ2n) is 5.65. The molecule has 0 saturated carbocycles. The summed E-state index contributed by atoms with van der Waals surface area (Å²) in [6.45, 7) is 10.1. The Hall–Kier alpha value is -1.10. The maximum atomic E-state index is 12.0. The number of hydrogen-bond donors (Lipinski definition) is 2. The van der Waals surface area contributed by atoms with Crippen molar-refractivity contribution >= 4 is 12.0 Å². The summed E-state index contributed by atoms with van der Waals surface area (Å²) in [7, 11) is 4.22. The Balaban J connectivity index is 4.39. The Labute approximate surface area is 117 Å². The zero-order chi connectivity index (χ0) is 14.9. The van der Waals surface area contributed by atoms with Gasteiger partial charge in [-0.2, -0.15) is 0 Å². The molecule has 0 aliphatic heterocycles. The van der Waals surface area contributed by atoms with Gasteiger partial charge < -0.3 is 15.0 Å². The lowest BCUT2D eigenvalue weighted by Crippen LogP contribution is -3.05. The third-order valence-corrected chi connectivity index (χ3v) is 3.04. The van der Waals surface area contributed by atoms with Crippen molar-refractivity contribution in [2.75, 3.05) is 33.7 Å². The van der Waals surface area contributed by atoms with Gasteiger partial charge in [0.2, 0.25) is 0 Å². The van der Waals surface area contributed by atoms with Gasteiger partial charge in [-0.15, -0.1) is 0 Å². The molecule has 5 nitrogen and oxygen atoms in total. The fourth-order valence-corrected chi connectivity index (χ4v) is 1.26. The van der Waals surface area contributed by atoms with Crippen LogP contribution in [0.5, 0.6) is 0 Å². The maximum absolute atomic E-state index is 12.0. The first-order valence-electron chi connectivity index (χ1n) is 7.13. The quantitative estimate of drug-likeness (QED) is 0.306. The topological polar surface area (TPSA) is 55.1 Å². The Kier molecular flexibility index (Phi) is 8.39. The highest BCUT2D eigenvalue weighted by Crippen LogP contribution is 2.21. The van der Waals surface area contributed by atoms with Crippen LogP contribution >= 0.6 is 0 Å². The molecule has 2 N–H and O–H groups in total. The van der Waals surface area contributed by atoms with Crippen molar-refractivity contribution in [1.29, 1.82) is 0 Å². The third kappa shape index (κ3) is 7.82. The predicted molar refractivity (Wildman–Crippen MR) is 78.4 cm³/mol. The Morgan fingerprint density at radius 2 is 1.95 bits per heavy atom. The van der Waals surface area contributed by atoms with E-state index in [9.17, 15) is 4.79 Å². The van der Waals surface area contributed by atoms with Crippen molar-refractivity contribution in [1.82, 2.24) is 5.32 Å². The largest absolute Gasteiger partial charge is 0.392 e. The molecule has 0 rings (SSSR count). The zero-order valence-corrected chi connectivity index (χ0v) is 13.3. The summed E-state index contributed by atoms with van der Waals surface area (Å²) < 4.78 is 5.35. The van der Waals surface area contributed by atoms with Gasteiger partial charge in [0.1, 0.15) is 0 Å². The van der Waals surface area contributed by atoms with Crippen molar-refractivity contribution < 1.29 is 14.4 Å². The first-order chi connectivity index (χ1) is 8.83. The van der Waals surface area contributed by atoms with Crippen LogP contribution in [0.3, 0.4) is 0 Å². The lowest BCUT2D eigenvalue weighted by atomic mass is 9.91. The van der Waals surface area contributed by atoms with E-state index in [1.54, 1.807) is 0 Å². The molecule has 0 aliphatic rings. The van der Waals surface area contributed by atoms with Crippen LogP contribution in [0.2, 0.25) is 0 Å². The molecule has 5 heteroatoms. The number of esters is 1. The van der Waals surface area contributed by atoms with Gasteiger partial charge in [-0.1, -0.05) is 6.92 Å².